The number of halogens is 4. The molecule has 0 heterocycles. The summed E-state index contributed by atoms with van der Waals surface area (Å²) in [5.41, 5.74) is 0.577. The van der Waals surface area contributed by atoms with Crippen molar-refractivity contribution in [1.29, 1.82) is 0 Å². The van der Waals surface area contributed by atoms with E-state index in [1.807, 2.05) is 0 Å². The lowest BCUT2D eigenvalue weighted by Crippen LogP contribution is -2.20. The van der Waals surface area contributed by atoms with Crippen molar-refractivity contribution in [1.82, 2.24) is 0 Å². The molecule has 0 radical (unpaired) electrons. The molecule has 1 aromatic rings. The summed E-state index contributed by atoms with van der Waals surface area (Å²) in [5, 5.41) is -0.257. The average molecular weight is 341 g/mol. The molecule has 0 aliphatic rings. The van der Waals surface area contributed by atoms with Crippen molar-refractivity contribution in [2.45, 2.75) is 11.1 Å². The maximum absolute atomic E-state index is 12.3. The summed E-state index contributed by atoms with van der Waals surface area (Å²) in [6.45, 7) is 5.43. The Morgan fingerprint density at radius 2 is 2.00 bits per heavy atom. The zero-order chi connectivity index (χ0) is 16.4. The molecule has 3 nitrogen and oxygen atoms in total. The van der Waals surface area contributed by atoms with Crippen LogP contribution in [0.2, 0.25) is 5.02 Å². The predicted octanol–water partition coefficient (Wildman–Crippen LogP) is 3.88. The van der Waals surface area contributed by atoms with E-state index in [0.717, 1.165) is 12.3 Å². The van der Waals surface area contributed by atoms with Crippen molar-refractivity contribution in [2.24, 2.45) is 0 Å². The Labute approximate surface area is 125 Å². The number of ether oxygens (including phenoxy) is 1. The van der Waals surface area contributed by atoms with E-state index in [1.165, 1.54) is 12.1 Å². The highest BCUT2D eigenvalue weighted by Gasteiger charge is 2.31. The largest absolute Gasteiger partial charge is 0.481 e. The first kappa shape index (κ1) is 17.6. The number of allylic oxidation sites excluding steroid dienone is 2. The molecule has 0 amide bonds. The topological polar surface area (TPSA) is 43.4 Å². The molecule has 116 valence electrons. The lowest BCUT2D eigenvalue weighted by Gasteiger charge is -2.16. The van der Waals surface area contributed by atoms with Gasteiger partial charge < -0.3 is 4.74 Å². The van der Waals surface area contributed by atoms with E-state index in [-0.39, 0.29) is 10.6 Å². The van der Waals surface area contributed by atoms with Gasteiger partial charge in [0.2, 0.25) is 0 Å². The zero-order valence-electron chi connectivity index (χ0n) is 11.0. The third-order valence-electron chi connectivity index (χ3n) is 2.43. The van der Waals surface area contributed by atoms with Gasteiger partial charge in [0.15, 0.2) is 22.2 Å². The highest BCUT2D eigenvalue weighted by Crippen LogP contribution is 2.38. The lowest BCUT2D eigenvalue weighted by molar-refractivity contribution is -0.153. The Hall–Kier alpha value is -1.47. The van der Waals surface area contributed by atoms with Crippen molar-refractivity contribution in [3.05, 3.63) is 42.0 Å². The molecule has 0 aliphatic heterocycles. The molecule has 0 fully saturated rings. The molecule has 0 spiro atoms. The predicted molar refractivity (Wildman–Crippen MR) is 75.3 cm³/mol. The Morgan fingerprint density at radius 3 is 2.43 bits per heavy atom. The van der Waals surface area contributed by atoms with Gasteiger partial charge in [-0.05, 0) is 11.6 Å². The number of sulfone groups is 1. The van der Waals surface area contributed by atoms with Crippen LogP contribution in [0.4, 0.5) is 13.2 Å². The van der Waals surface area contributed by atoms with Crippen molar-refractivity contribution in [3.8, 4) is 5.75 Å². The molecule has 0 unspecified atom stereocenters. The molecule has 0 bridgehead atoms. The summed E-state index contributed by atoms with van der Waals surface area (Å²) in [5.74, 6) is -0.544. The minimum atomic E-state index is -4.62. The average Bonchev–Trinajstić information content (AvgIpc) is 2.33. The van der Waals surface area contributed by atoms with Gasteiger partial charge >= 0.3 is 6.18 Å². The van der Waals surface area contributed by atoms with Crippen LogP contribution in [0.3, 0.4) is 0 Å². The van der Waals surface area contributed by atoms with Crippen molar-refractivity contribution in [3.63, 3.8) is 0 Å². The van der Waals surface area contributed by atoms with Crippen LogP contribution >= 0.6 is 11.6 Å². The zero-order valence-corrected chi connectivity index (χ0v) is 12.6. The number of benzene rings is 1. The summed E-state index contributed by atoms with van der Waals surface area (Å²) in [6.07, 6.45) is -2.43. The van der Waals surface area contributed by atoms with Gasteiger partial charge in [-0.1, -0.05) is 36.9 Å². The Kier molecular flexibility index (Phi) is 5.11. The molecular weight excluding hydrogens is 329 g/mol. The van der Waals surface area contributed by atoms with E-state index in [9.17, 15) is 21.6 Å². The molecule has 0 aromatic heterocycles. The summed E-state index contributed by atoms with van der Waals surface area (Å²) in [4.78, 5) is -0.419. The van der Waals surface area contributed by atoms with Crippen molar-refractivity contribution in [2.75, 3.05) is 12.9 Å². The number of rotatable bonds is 5. The van der Waals surface area contributed by atoms with Crippen LogP contribution in [0.15, 0.2) is 36.3 Å². The lowest BCUT2D eigenvalue weighted by atomic mass is 10.1. The monoisotopic (exact) mass is 340 g/mol. The highest BCUT2D eigenvalue weighted by atomic mass is 35.5. The minimum Gasteiger partial charge on any atom is -0.481 e. The van der Waals surface area contributed by atoms with Crippen molar-refractivity contribution >= 4 is 27.0 Å². The van der Waals surface area contributed by atoms with Crippen LogP contribution in [0.25, 0.3) is 5.57 Å². The van der Waals surface area contributed by atoms with E-state index in [2.05, 4.69) is 17.9 Å². The molecule has 0 atom stereocenters. The van der Waals surface area contributed by atoms with E-state index < -0.39 is 33.3 Å². The normalized spacial score (nSPS) is 12.0. The van der Waals surface area contributed by atoms with Gasteiger partial charge in [0.1, 0.15) is 4.90 Å². The molecular formula is C13H12ClF3O3S. The van der Waals surface area contributed by atoms with Gasteiger partial charge in [0.05, 0.1) is 5.02 Å². The first-order chi connectivity index (χ1) is 9.47. The van der Waals surface area contributed by atoms with Gasteiger partial charge in [0, 0.05) is 11.8 Å². The third kappa shape index (κ3) is 4.50. The highest BCUT2D eigenvalue weighted by molar-refractivity contribution is 7.90. The Balaban J connectivity index is 3.46. The Bertz CT molecular complexity index is 679. The fourth-order valence-electron chi connectivity index (χ4n) is 1.48. The fraction of sp³-hybridized carbons (Fsp3) is 0.231. The van der Waals surface area contributed by atoms with E-state index >= 15 is 0 Å². The fourth-order valence-corrected chi connectivity index (χ4v) is 2.69. The van der Waals surface area contributed by atoms with Crippen LogP contribution in [-0.2, 0) is 9.84 Å². The van der Waals surface area contributed by atoms with Crippen LogP contribution in [-0.4, -0.2) is 27.5 Å². The van der Waals surface area contributed by atoms with Gasteiger partial charge in [0.25, 0.3) is 0 Å². The van der Waals surface area contributed by atoms with Crippen molar-refractivity contribution < 1.29 is 26.3 Å². The van der Waals surface area contributed by atoms with Crippen LogP contribution < -0.4 is 4.74 Å². The second kappa shape index (κ2) is 6.11. The molecule has 0 N–H and O–H groups in total. The first-order valence-electron chi connectivity index (χ1n) is 5.51. The van der Waals surface area contributed by atoms with Gasteiger partial charge in [-0.25, -0.2) is 8.42 Å². The molecule has 0 saturated carbocycles. The third-order valence-corrected chi connectivity index (χ3v) is 3.93. The molecule has 0 aliphatic carbocycles. The number of hydrogen-bond donors (Lipinski definition) is 0. The first-order valence-corrected chi connectivity index (χ1v) is 7.78. The van der Waals surface area contributed by atoms with E-state index in [0.29, 0.717) is 5.57 Å². The molecule has 21 heavy (non-hydrogen) atoms. The van der Waals surface area contributed by atoms with E-state index in [4.69, 9.17) is 11.6 Å². The quantitative estimate of drug-likeness (QED) is 0.764. The molecule has 8 heteroatoms. The molecule has 1 rings (SSSR count). The SMILES string of the molecule is C=CC(=C)c1ccc(S(C)(=O)=O)c(OCC(F)(F)F)c1Cl. The second-order valence-corrected chi connectivity index (χ2v) is 6.52. The summed E-state index contributed by atoms with van der Waals surface area (Å²) in [6, 6.07) is 2.46. The number of hydrogen-bond acceptors (Lipinski definition) is 3. The van der Waals surface area contributed by atoms with Gasteiger partial charge in [-0.2, -0.15) is 13.2 Å². The maximum atomic E-state index is 12.3. The van der Waals surface area contributed by atoms with Crippen LogP contribution in [0, 0.1) is 0 Å². The Morgan fingerprint density at radius 1 is 1.43 bits per heavy atom. The standard InChI is InChI=1S/C13H12ClF3O3S/c1-4-8(2)9-5-6-10(21(3,18)19)12(11(9)14)20-7-13(15,16)17/h4-6H,1-2,7H2,3H3. The summed E-state index contributed by atoms with van der Waals surface area (Å²) < 4.78 is 64.6. The van der Waals surface area contributed by atoms with Gasteiger partial charge in [-0.15, -0.1) is 0 Å². The smallest absolute Gasteiger partial charge is 0.422 e. The summed E-state index contributed by atoms with van der Waals surface area (Å²) >= 11 is 5.96. The molecule has 0 saturated heterocycles. The molecule has 1 aromatic carbocycles. The number of alkyl halides is 3. The van der Waals surface area contributed by atoms with Crippen LogP contribution in [0.1, 0.15) is 5.56 Å². The second-order valence-electron chi connectivity index (χ2n) is 4.16. The van der Waals surface area contributed by atoms with Crippen LogP contribution in [0.5, 0.6) is 5.75 Å². The maximum Gasteiger partial charge on any atom is 0.422 e. The minimum absolute atomic E-state index is 0.247. The van der Waals surface area contributed by atoms with E-state index in [1.54, 1.807) is 0 Å². The summed E-state index contributed by atoms with van der Waals surface area (Å²) in [7, 11) is -3.81. The van der Waals surface area contributed by atoms with Gasteiger partial charge in [-0.3, -0.25) is 0 Å².